The lowest BCUT2D eigenvalue weighted by Gasteiger charge is -2.24. The summed E-state index contributed by atoms with van der Waals surface area (Å²) < 4.78 is 5.17. The summed E-state index contributed by atoms with van der Waals surface area (Å²) in [6.45, 7) is 4.60. The van der Waals surface area contributed by atoms with E-state index in [2.05, 4.69) is 5.32 Å². The van der Waals surface area contributed by atoms with Crippen LogP contribution in [0.25, 0.3) is 0 Å². The van der Waals surface area contributed by atoms with E-state index < -0.39 is 0 Å². The van der Waals surface area contributed by atoms with Crippen LogP contribution in [0, 0.1) is 0 Å². The maximum Gasteiger partial charge on any atom is 0.254 e. The summed E-state index contributed by atoms with van der Waals surface area (Å²) in [5, 5.41) is 3.43. The van der Waals surface area contributed by atoms with Crippen molar-refractivity contribution >= 4 is 5.91 Å². The van der Waals surface area contributed by atoms with Crippen molar-refractivity contribution < 1.29 is 9.53 Å². The minimum Gasteiger partial charge on any atom is -0.497 e. The molecule has 1 atom stereocenters. The van der Waals surface area contributed by atoms with Gasteiger partial charge in [0, 0.05) is 24.7 Å². The first-order valence-electron chi connectivity index (χ1n) is 6.91. The number of amides is 1. The van der Waals surface area contributed by atoms with E-state index in [-0.39, 0.29) is 5.91 Å². The largest absolute Gasteiger partial charge is 0.497 e. The quantitative estimate of drug-likeness (QED) is 0.881. The molecule has 4 nitrogen and oxygen atoms in total. The molecular formula is C15H22N2O2. The van der Waals surface area contributed by atoms with Gasteiger partial charge in [0.25, 0.3) is 5.91 Å². The minimum absolute atomic E-state index is 0.0788. The maximum atomic E-state index is 12.5. The maximum absolute atomic E-state index is 12.5. The van der Waals surface area contributed by atoms with Crippen LogP contribution in [0.5, 0.6) is 5.75 Å². The number of ether oxygens (including phenoxy) is 1. The van der Waals surface area contributed by atoms with Gasteiger partial charge < -0.3 is 15.0 Å². The average molecular weight is 262 g/mol. The van der Waals surface area contributed by atoms with Gasteiger partial charge in [0.1, 0.15) is 5.75 Å². The molecule has 1 saturated heterocycles. The third-order valence-corrected chi connectivity index (χ3v) is 3.59. The normalized spacial score (nSPS) is 18.3. The first kappa shape index (κ1) is 13.9. The van der Waals surface area contributed by atoms with E-state index in [1.807, 2.05) is 30.0 Å². The first-order valence-corrected chi connectivity index (χ1v) is 6.91. The molecule has 0 aliphatic carbocycles. The number of hydrogen-bond acceptors (Lipinski definition) is 3. The average Bonchev–Trinajstić information content (AvgIpc) is 2.97. The van der Waals surface area contributed by atoms with E-state index in [0.29, 0.717) is 11.6 Å². The smallest absolute Gasteiger partial charge is 0.254 e. The molecule has 2 rings (SSSR count). The van der Waals surface area contributed by atoms with Crippen LogP contribution in [0.15, 0.2) is 24.3 Å². The predicted octanol–water partition coefficient (Wildman–Crippen LogP) is 1.91. The zero-order chi connectivity index (χ0) is 13.7. The Labute approximate surface area is 114 Å². The Kier molecular flexibility index (Phi) is 4.80. The fourth-order valence-electron chi connectivity index (χ4n) is 2.47. The van der Waals surface area contributed by atoms with Crippen molar-refractivity contribution in [2.45, 2.75) is 25.8 Å². The number of rotatable bonds is 5. The van der Waals surface area contributed by atoms with Crippen LogP contribution in [0.3, 0.4) is 0 Å². The van der Waals surface area contributed by atoms with Crippen LogP contribution >= 0.6 is 0 Å². The zero-order valence-corrected chi connectivity index (χ0v) is 11.7. The van der Waals surface area contributed by atoms with E-state index in [4.69, 9.17) is 4.74 Å². The van der Waals surface area contributed by atoms with Gasteiger partial charge in [-0.05, 0) is 44.5 Å². The lowest BCUT2D eigenvalue weighted by atomic mass is 10.1. The molecule has 1 amide bonds. The molecule has 1 unspecified atom stereocenters. The Morgan fingerprint density at radius 2 is 2.37 bits per heavy atom. The van der Waals surface area contributed by atoms with Gasteiger partial charge in [0.15, 0.2) is 0 Å². The Balaban J connectivity index is 2.06. The molecule has 4 heteroatoms. The van der Waals surface area contributed by atoms with Gasteiger partial charge in [-0.1, -0.05) is 6.07 Å². The highest BCUT2D eigenvalue weighted by molar-refractivity contribution is 5.94. The first-order chi connectivity index (χ1) is 9.24. The summed E-state index contributed by atoms with van der Waals surface area (Å²) in [6.07, 6.45) is 2.36. The SMILES string of the molecule is CCN(CC1CCCN1)C(=O)c1cccc(OC)c1. The highest BCUT2D eigenvalue weighted by Gasteiger charge is 2.21. The second kappa shape index (κ2) is 6.57. The number of hydrogen-bond donors (Lipinski definition) is 1. The van der Waals surface area contributed by atoms with Crippen LogP contribution in [0.1, 0.15) is 30.1 Å². The van der Waals surface area contributed by atoms with Crippen molar-refractivity contribution in [3.8, 4) is 5.75 Å². The third-order valence-electron chi connectivity index (χ3n) is 3.59. The molecular weight excluding hydrogens is 240 g/mol. The number of likely N-dealkylation sites (N-methyl/N-ethyl adjacent to an activating group) is 1. The lowest BCUT2D eigenvalue weighted by Crippen LogP contribution is -2.41. The molecule has 1 heterocycles. The standard InChI is InChI=1S/C15H22N2O2/c1-3-17(11-13-7-5-9-16-13)15(18)12-6-4-8-14(10-12)19-2/h4,6,8,10,13,16H,3,5,7,9,11H2,1-2H3. The summed E-state index contributed by atoms with van der Waals surface area (Å²) in [4.78, 5) is 14.4. The highest BCUT2D eigenvalue weighted by atomic mass is 16.5. The van der Waals surface area contributed by atoms with Gasteiger partial charge in [-0.25, -0.2) is 0 Å². The summed E-state index contributed by atoms with van der Waals surface area (Å²) in [7, 11) is 1.61. The Morgan fingerprint density at radius 1 is 1.53 bits per heavy atom. The molecule has 0 aromatic heterocycles. The number of nitrogens with one attached hydrogen (secondary N) is 1. The molecule has 1 aliphatic heterocycles. The molecule has 0 bridgehead atoms. The summed E-state index contributed by atoms with van der Waals surface area (Å²) in [6, 6.07) is 7.79. The minimum atomic E-state index is 0.0788. The molecule has 0 saturated carbocycles. The van der Waals surface area contributed by atoms with Crippen molar-refractivity contribution in [2.24, 2.45) is 0 Å². The number of methoxy groups -OCH3 is 1. The van der Waals surface area contributed by atoms with Crippen LogP contribution in [-0.2, 0) is 0 Å². The van der Waals surface area contributed by atoms with Crippen molar-refractivity contribution in [3.63, 3.8) is 0 Å². The van der Waals surface area contributed by atoms with Crippen molar-refractivity contribution in [1.29, 1.82) is 0 Å². The zero-order valence-electron chi connectivity index (χ0n) is 11.7. The van der Waals surface area contributed by atoms with Crippen LogP contribution < -0.4 is 10.1 Å². The van der Waals surface area contributed by atoms with Gasteiger partial charge >= 0.3 is 0 Å². The molecule has 104 valence electrons. The number of carbonyl (C=O) groups excluding carboxylic acids is 1. The third kappa shape index (κ3) is 3.47. The van der Waals surface area contributed by atoms with Crippen molar-refractivity contribution in [1.82, 2.24) is 10.2 Å². The van der Waals surface area contributed by atoms with Crippen LogP contribution in [0.2, 0.25) is 0 Å². The number of nitrogens with zero attached hydrogens (tertiary/aromatic N) is 1. The Hall–Kier alpha value is -1.55. The fourth-order valence-corrected chi connectivity index (χ4v) is 2.47. The number of carbonyl (C=O) groups is 1. The van der Waals surface area contributed by atoms with E-state index >= 15 is 0 Å². The second-order valence-electron chi connectivity index (χ2n) is 4.87. The lowest BCUT2D eigenvalue weighted by molar-refractivity contribution is 0.0751. The van der Waals surface area contributed by atoms with Gasteiger partial charge in [0.05, 0.1) is 7.11 Å². The molecule has 0 spiro atoms. The van der Waals surface area contributed by atoms with Crippen molar-refractivity contribution in [3.05, 3.63) is 29.8 Å². The topological polar surface area (TPSA) is 41.6 Å². The van der Waals surface area contributed by atoms with E-state index in [9.17, 15) is 4.79 Å². The Bertz CT molecular complexity index is 428. The van der Waals surface area contributed by atoms with E-state index in [0.717, 1.165) is 31.8 Å². The predicted molar refractivity (Wildman–Crippen MR) is 75.6 cm³/mol. The molecule has 1 aromatic rings. The summed E-state index contributed by atoms with van der Waals surface area (Å²) in [5.74, 6) is 0.802. The summed E-state index contributed by atoms with van der Waals surface area (Å²) >= 11 is 0. The van der Waals surface area contributed by atoms with Crippen molar-refractivity contribution in [2.75, 3.05) is 26.7 Å². The highest BCUT2D eigenvalue weighted by Crippen LogP contribution is 2.15. The summed E-state index contributed by atoms with van der Waals surface area (Å²) in [5.41, 5.74) is 0.694. The van der Waals surface area contributed by atoms with Gasteiger partial charge in [-0.15, -0.1) is 0 Å². The van der Waals surface area contributed by atoms with Gasteiger partial charge in [0.2, 0.25) is 0 Å². The molecule has 19 heavy (non-hydrogen) atoms. The fraction of sp³-hybridized carbons (Fsp3) is 0.533. The molecule has 1 aliphatic rings. The van der Waals surface area contributed by atoms with E-state index in [1.54, 1.807) is 13.2 Å². The van der Waals surface area contributed by atoms with Gasteiger partial charge in [-0.2, -0.15) is 0 Å². The van der Waals surface area contributed by atoms with Crippen LogP contribution in [-0.4, -0.2) is 43.6 Å². The monoisotopic (exact) mass is 262 g/mol. The second-order valence-corrected chi connectivity index (χ2v) is 4.87. The van der Waals surface area contributed by atoms with E-state index in [1.165, 1.54) is 6.42 Å². The molecule has 0 radical (unpaired) electrons. The van der Waals surface area contributed by atoms with Gasteiger partial charge in [-0.3, -0.25) is 4.79 Å². The molecule has 1 fully saturated rings. The molecule has 1 N–H and O–H groups in total. The number of benzene rings is 1. The molecule has 1 aromatic carbocycles. The Morgan fingerprint density at radius 3 is 3.00 bits per heavy atom. The van der Waals surface area contributed by atoms with Crippen LogP contribution in [0.4, 0.5) is 0 Å².